The molecule has 5 N–H and O–H groups in total. The van der Waals surface area contributed by atoms with Crippen molar-refractivity contribution in [3.8, 4) is 11.5 Å². The van der Waals surface area contributed by atoms with Crippen molar-refractivity contribution in [3.05, 3.63) is 47.5 Å². The Morgan fingerprint density at radius 1 is 1.10 bits per heavy atom. The Bertz CT molecular complexity index is 666. The number of aromatic hydroxyl groups is 2. The van der Waals surface area contributed by atoms with Crippen molar-refractivity contribution in [2.45, 2.75) is 0 Å². The van der Waals surface area contributed by atoms with E-state index in [1.54, 1.807) is 0 Å². The summed E-state index contributed by atoms with van der Waals surface area (Å²) in [5, 5.41) is 20.6. The number of hydrogen-bond donors (Lipinski definition) is 4. The fourth-order valence-corrected chi connectivity index (χ4v) is 1.58. The summed E-state index contributed by atoms with van der Waals surface area (Å²) in [5.74, 6) is -3.53. The first kappa shape index (κ1) is 13.6. The molecule has 0 spiro atoms. The molecule has 0 aliphatic carbocycles. The summed E-state index contributed by atoms with van der Waals surface area (Å²) < 4.78 is 26.4. The summed E-state index contributed by atoms with van der Waals surface area (Å²) in [6.07, 6.45) is 0. The summed E-state index contributed by atoms with van der Waals surface area (Å²) in [7, 11) is 0. The molecule has 0 aliphatic rings. The van der Waals surface area contributed by atoms with Crippen LogP contribution in [0, 0.1) is 11.6 Å². The summed E-state index contributed by atoms with van der Waals surface area (Å²) in [6.45, 7) is 0. The minimum Gasteiger partial charge on any atom is -0.504 e. The zero-order valence-corrected chi connectivity index (χ0v) is 10.0. The molecule has 0 unspecified atom stereocenters. The van der Waals surface area contributed by atoms with E-state index < -0.39 is 29.0 Å². The van der Waals surface area contributed by atoms with Gasteiger partial charge in [-0.1, -0.05) is 0 Å². The van der Waals surface area contributed by atoms with Crippen molar-refractivity contribution in [2.75, 3.05) is 11.1 Å². The third kappa shape index (κ3) is 2.61. The van der Waals surface area contributed by atoms with E-state index >= 15 is 0 Å². The van der Waals surface area contributed by atoms with Crippen LogP contribution in [0.2, 0.25) is 0 Å². The molecule has 2 rings (SSSR count). The normalized spacial score (nSPS) is 10.3. The van der Waals surface area contributed by atoms with Crippen LogP contribution in [-0.2, 0) is 0 Å². The van der Waals surface area contributed by atoms with Gasteiger partial charge in [0.25, 0.3) is 5.91 Å². The van der Waals surface area contributed by atoms with Gasteiger partial charge >= 0.3 is 0 Å². The number of nitrogens with one attached hydrogen (secondary N) is 1. The number of rotatable bonds is 2. The van der Waals surface area contributed by atoms with E-state index in [0.29, 0.717) is 6.07 Å². The van der Waals surface area contributed by atoms with Crippen molar-refractivity contribution in [1.29, 1.82) is 0 Å². The molecule has 7 heteroatoms. The van der Waals surface area contributed by atoms with Crippen molar-refractivity contribution in [3.63, 3.8) is 0 Å². The number of carbonyl (C=O) groups is 1. The van der Waals surface area contributed by atoms with Gasteiger partial charge in [0.05, 0.1) is 5.69 Å². The molecule has 0 heterocycles. The Morgan fingerprint density at radius 2 is 1.80 bits per heavy atom. The highest BCUT2D eigenvalue weighted by atomic mass is 19.1. The lowest BCUT2D eigenvalue weighted by Crippen LogP contribution is -2.14. The number of hydrogen-bond acceptors (Lipinski definition) is 4. The van der Waals surface area contributed by atoms with Gasteiger partial charge in [-0.2, -0.15) is 0 Å². The number of halogens is 2. The molecule has 0 aliphatic heterocycles. The Balaban J connectivity index is 2.30. The average molecular weight is 280 g/mol. The number of carbonyl (C=O) groups excluding carboxylic acids is 1. The Morgan fingerprint density at radius 3 is 2.40 bits per heavy atom. The predicted octanol–water partition coefficient (Wildman–Crippen LogP) is 2.21. The van der Waals surface area contributed by atoms with Crippen LogP contribution in [0.5, 0.6) is 11.5 Å². The fourth-order valence-electron chi connectivity index (χ4n) is 1.58. The van der Waals surface area contributed by atoms with Crippen LogP contribution in [0.25, 0.3) is 0 Å². The van der Waals surface area contributed by atoms with Crippen LogP contribution in [-0.4, -0.2) is 16.1 Å². The molecular weight excluding hydrogens is 270 g/mol. The molecule has 0 saturated carbocycles. The predicted molar refractivity (Wildman–Crippen MR) is 68.5 cm³/mol. The second kappa shape index (κ2) is 5.04. The van der Waals surface area contributed by atoms with Crippen molar-refractivity contribution < 1.29 is 23.8 Å². The molecule has 0 radical (unpaired) electrons. The van der Waals surface area contributed by atoms with Gasteiger partial charge in [-0.05, 0) is 24.3 Å². The average Bonchev–Trinajstić information content (AvgIpc) is 2.36. The highest BCUT2D eigenvalue weighted by Gasteiger charge is 2.14. The van der Waals surface area contributed by atoms with Crippen LogP contribution >= 0.6 is 0 Å². The van der Waals surface area contributed by atoms with Crippen LogP contribution in [0.3, 0.4) is 0 Å². The highest BCUT2D eigenvalue weighted by Crippen LogP contribution is 2.27. The van der Waals surface area contributed by atoms with Crippen LogP contribution in [0.15, 0.2) is 30.3 Å². The van der Waals surface area contributed by atoms with Crippen molar-refractivity contribution in [2.24, 2.45) is 0 Å². The van der Waals surface area contributed by atoms with Gasteiger partial charge in [-0.25, -0.2) is 8.78 Å². The maximum atomic E-state index is 13.5. The van der Waals surface area contributed by atoms with Gasteiger partial charge in [0, 0.05) is 11.6 Å². The van der Waals surface area contributed by atoms with Gasteiger partial charge in [-0.3, -0.25) is 4.79 Å². The van der Waals surface area contributed by atoms with Crippen LogP contribution < -0.4 is 11.1 Å². The summed E-state index contributed by atoms with van der Waals surface area (Å²) >= 11 is 0. The van der Waals surface area contributed by atoms with E-state index in [1.807, 2.05) is 0 Å². The molecule has 20 heavy (non-hydrogen) atoms. The third-order valence-corrected chi connectivity index (χ3v) is 2.56. The number of nitrogen functional groups attached to an aromatic ring is 1. The lowest BCUT2D eigenvalue weighted by atomic mass is 10.1. The standard InChI is InChI=1S/C13H10F2N2O3/c14-7-4-8(15)12(9(16)5-7)17-13(20)6-1-2-10(18)11(19)3-6/h1-5,18-19H,16H2,(H,17,20). The summed E-state index contributed by atoms with van der Waals surface area (Å²) in [5.41, 5.74) is 4.77. The molecule has 2 aromatic rings. The van der Waals surface area contributed by atoms with Gasteiger partial charge in [0.2, 0.25) is 0 Å². The van der Waals surface area contributed by atoms with Crippen molar-refractivity contribution in [1.82, 2.24) is 0 Å². The van der Waals surface area contributed by atoms with Gasteiger partial charge < -0.3 is 21.3 Å². The van der Waals surface area contributed by atoms with E-state index in [1.165, 1.54) is 6.07 Å². The molecular formula is C13H10F2N2O3. The number of nitrogens with two attached hydrogens (primary N) is 1. The van der Waals surface area contributed by atoms with E-state index in [4.69, 9.17) is 10.8 Å². The monoisotopic (exact) mass is 280 g/mol. The van der Waals surface area contributed by atoms with Crippen LogP contribution in [0.1, 0.15) is 10.4 Å². The Hall–Kier alpha value is -2.83. The molecule has 2 aromatic carbocycles. The number of benzene rings is 2. The molecule has 5 nitrogen and oxygen atoms in total. The number of anilines is 2. The maximum Gasteiger partial charge on any atom is 0.255 e. The first-order valence-electron chi connectivity index (χ1n) is 5.46. The topological polar surface area (TPSA) is 95.6 Å². The fraction of sp³-hybridized carbons (Fsp3) is 0. The quantitative estimate of drug-likeness (QED) is 0.501. The van der Waals surface area contributed by atoms with Gasteiger partial charge in [0.1, 0.15) is 11.5 Å². The van der Waals surface area contributed by atoms with Gasteiger partial charge in [-0.15, -0.1) is 0 Å². The maximum absolute atomic E-state index is 13.5. The Labute approximate surface area is 112 Å². The molecule has 0 bridgehead atoms. The zero-order chi connectivity index (χ0) is 14.9. The summed E-state index contributed by atoms with van der Waals surface area (Å²) in [6, 6.07) is 4.78. The molecule has 0 fully saturated rings. The van der Waals surface area contributed by atoms with Crippen molar-refractivity contribution >= 4 is 17.3 Å². The summed E-state index contributed by atoms with van der Waals surface area (Å²) in [4.78, 5) is 11.8. The molecule has 1 amide bonds. The number of phenolic OH excluding ortho intramolecular Hbond substituents is 2. The second-order valence-corrected chi connectivity index (χ2v) is 4.01. The lowest BCUT2D eigenvalue weighted by Gasteiger charge is -2.10. The largest absolute Gasteiger partial charge is 0.504 e. The molecule has 0 aromatic heterocycles. The lowest BCUT2D eigenvalue weighted by molar-refractivity contribution is 0.102. The van der Waals surface area contributed by atoms with E-state index in [2.05, 4.69) is 5.32 Å². The van der Waals surface area contributed by atoms with Crippen LogP contribution in [0.4, 0.5) is 20.2 Å². The SMILES string of the molecule is Nc1cc(F)cc(F)c1NC(=O)c1ccc(O)c(O)c1. The minimum absolute atomic E-state index is 0.0246. The number of amides is 1. The highest BCUT2D eigenvalue weighted by molar-refractivity contribution is 6.06. The van der Waals surface area contributed by atoms with Gasteiger partial charge in [0.15, 0.2) is 17.3 Å². The number of phenols is 2. The molecule has 0 atom stereocenters. The third-order valence-electron chi connectivity index (χ3n) is 2.56. The first-order chi connectivity index (χ1) is 9.38. The first-order valence-corrected chi connectivity index (χ1v) is 5.46. The smallest absolute Gasteiger partial charge is 0.255 e. The van der Waals surface area contributed by atoms with E-state index in [-0.39, 0.29) is 16.9 Å². The Kier molecular flexibility index (Phi) is 3.43. The minimum atomic E-state index is -1.01. The zero-order valence-electron chi connectivity index (χ0n) is 10.0. The second-order valence-electron chi connectivity index (χ2n) is 4.01. The molecule has 104 valence electrons. The van der Waals surface area contributed by atoms with E-state index in [0.717, 1.165) is 18.2 Å². The molecule has 0 saturated heterocycles. The van der Waals surface area contributed by atoms with E-state index in [9.17, 15) is 18.7 Å².